The van der Waals surface area contributed by atoms with Crippen molar-refractivity contribution in [1.29, 1.82) is 5.26 Å². The molecule has 0 unspecified atom stereocenters. The Morgan fingerprint density at radius 3 is 2.52 bits per heavy atom. The molecule has 0 aliphatic rings. The summed E-state index contributed by atoms with van der Waals surface area (Å²) in [6.45, 7) is 9.09. The standard InChI is InChI=1S/C26H27N2O/c1-16-9-21-22-11-18(15-27)7-8-24(22)29-25(21)13-20(16)23-12-19(14-26(3,4)5)10-17(2)28(23)6/h7-13H,14H2,1-6H3/q+1/i10D,12D,14D2. The van der Waals surface area contributed by atoms with Crippen LogP contribution in [-0.4, -0.2) is 0 Å². The van der Waals surface area contributed by atoms with E-state index in [-0.39, 0.29) is 17.6 Å². The van der Waals surface area contributed by atoms with Crippen molar-refractivity contribution in [3.63, 3.8) is 0 Å². The molecule has 0 N–H and O–H groups in total. The van der Waals surface area contributed by atoms with Gasteiger partial charge in [0.25, 0.3) is 0 Å². The number of hydrogen-bond acceptors (Lipinski definition) is 2. The highest BCUT2D eigenvalue weighted by Gasteiger charge is 2.21. The lowest BCUT2D eigenvalue weighted by molar-refractivity contribution is -0.666. The molecule has 0 aliphatic carbocycles. The zero-order valence-corrected chi connectivity index (χ0v) is 17.7. The molecule has 0 spiro atoms. The molecule has 0 atom stereocenters. The van der Waals surface area contributed by atoms with E-state index in [0.717, 1.165) is 21.9 Å². The number of aromatic nitrogens is 1. The molecule has 0 saturated heterocycles. The van der Waals surface area contributed by atoms with Gasteiger partial charge in [-0.3, -0.25) is 0 Å². The predicted octanol–water partition coefficient (Wildman–Crippen LogP) is 6.15. The van der Waals surface area contributed by atoms with Gasteiger partial charge in [-0.15, -0.1) is 0 Å². The Kier molecular flexibility index (Phi) is 3.44. The van der Waals surface area contributed by atoms with Gasteiger partial charge < -0.3 is 4.42 Å². The van der Waals surface area contributed by atoms with E-state index in [2.05, 4.69) is 6.07 Å². The van der Waals surface area contributed by atoms with Gasteiger partial charge in [0.1, 0.15) is 18.2 Å². The minimum Gasteiger partial charge on any atom is -0.456 e. The minimum atomic E-state index is -1.87. The van der Waals surface area contributed by atoms with Crippen molar-refractivity contribution in [3.8, 4) is 17.3 Å². The van der Waals surface area contributed by atoms with E-state index in [9.17, 15) is 5.26 Å². The average Bonchev–Trinajstić information content (AvgIpc) is 3.08. The molecule has 0 amide bonds. The third-order valence-corrected chi connectivity index (χ3v) is 5.09. The third-order valence-electron chi connectivity index (χ3n) is 5.09. The number of furan rings is 1. The molecule has 0 fully saturated rings. The third kappa shape index (κ3) is 3.51. The summed E-state index contributed by atoms with van der Waals surface area (Å²) in [5, 5.41) is 11.0. The average molecular weight is 388 g/mol. The second-order valence-corrected chi connectivity index (χ2v) is 8.58. The van der Waals surface area contributed by atoms with Crippen molar-refractivity contribution in [3.05, 3.63) is 64.8 Å². The van der Waals surface area contributed by atoms with Crippen LogP contribution in [0.4, 0.5) is 0 Å². The van der Waals surface area contributed by atoms with E-state index in [1.165, 1.54) is 0 Å². The van der Waals surface area contributed by atoms with E-state index in [1.807, 2.05) is 25.1 Å². The minimum absolute atomic E-state index is 0.0124. The van der Waals surface area contributed by atoms with Crippen LogP contribution in [0.3, 0.4) is 0 Å². The fourth-order valence-corrected chi connectivity index (χ4v) is 3.61. The molecule has 4 aromatic rings. The van der Waals surface area contributed by atoms with Crippen molar-refractivity contribution in [2.24, 2.45) is 12.5 Å². The second-order valence-electron chi connectivity index (χ2n) is 8.58. The topological polar surface area (TPSA) is 40.8 Å². The molecule has 3 nitrogen and oxygen atoms in total. The highest BCUT2D eigenvalue weighted by atomic mass is 16.3. The Morgan fingerprint density at radius 1 is 1.10 bits per heavy atom. The number of aryl methyl sites for hydroxylation is 1. The number of nitrogens with zero attached hydrogens (tertiary/aromatic N) is 2. The van der Waals surface area contributed by atoms with Crippen LogP contribution in [0.2, 0.25) is 0 Å². The van der Waals surface area contributed by atoms with Crippen molar-refractivity contribution in [1.82, 2.24) is 0 Å². The van der Waals surface area contributed by atoms with E-state index >= 15 is 0 Å². The molecule has 0 radical (unpaired) electrons. The van der Waals surface area contributed by atoms with Crippen molar-refractivity contribution < 1.29 is 14.5 Å². The van der Waals surface area contributed by atoms with Crippen molar-refractivity contribution in [2.45, 2.75) is 41.0 Å². The van der Waals surface area contributed by atoms with Crippen LogP contribution in [0.5, 0.6) is 0 Å². The summed E-state index contributed by atoms with van der Waals surface area (Å²) in [7, 11) is 1.80. The smallest absolute Gasteiger partial charge is 0.213 e. The van der Waals surface area contributed by atoms with Gasteiger partial charge >= 0.3 is 0 Å². The maximum absolute atomic E-state index is 9.26. The predicted molar refractivity (Wildman–Crippen MR) is 118 cm³/mol. The van der Waals surface area contributed by atoms with Crippen LogP contribution < -0.4 is 4.57 Å². The Labute approximate surface area is 177 Å². The molecule has 0 saturated carbocycles. The van der Waals surface area contributed by atoms with Gasteiger partial charge in [-0.25, -0.2) is 0 Å². The molecule has 2 heterocycles. The molecule has 2 aromatic carbocycles. The summed E-state index contributed by atoms with van der Waals surface area (Å²) in [5.41, 5.74) is 3.96. The lowest BCUT2D eigenvalue weighted by Gasteiger charge is -2.18. The first-order valence-electron chi connectivity index (χ1n) is 11.7. The zero-order valence-electron chi connectivity index (χ0n) is 21.7. The first-order chi connectivity index (χ1) is 15.3. The summed E-state index contributed by atoms with van der Waals surface area (Å²) in [6.07, 6.45) is -1.87. The van der Waals surface area contributed by atoms with Gasteiger partial charge in [0.2, 0.25) is 5.69 Å². The Hall–Kier alpha value is -3.12. The lowest BCUT2D eigenvalue weighted by Crippen LogP contribution is -2.35. The van der Waals surface area contributed by atoms with Gasteiger partial charge in [-0.1, -0.05) is 20.8 Å². The number of fused-ring (bicyclic) bond motifs is 3. The first-order valence-corrected chi connectivity index (χ1v) is 9.67. The van der Waals surface area contributed by atoms with Crippen LogP contribution >= 0.6 is 0 Å². The normalized spacial score (nSPS) is 14.4. The van der Waals surface area contributed by atoms with Gasteiger partial charge in [0.15, 0.2) is 5.69 Å². The first kappa shape index (κ1) is 14.8. The number of rotatable bonds is 2. The second kappa shape index (κ2) is 6.74. The quantitative estimate of drug-likeness (QED) is 0.387. The van der Waals surface area contributed by atoms with Crippen LogP contribution in [-0.2, 0) is 13.4 Å². The molecule has 3 heteroatoms. The zero-order chi connectivity index (χ0) is 24.5. The van der Waals surface area contributed by atoms with Gasteiger partial charge in [0.05, 0.1) is 19.9 Å². The number of hydrogen-bond donors (Lipinski definition) is 0. The molecule has 0 bridgehead atoms. The van der Waals surface area contributed by atoms with Crippen LogP contribution in [0, 0.1) is 30.6 Å². The summed E-state index contributed by atoms with van der Waals surface area (Å²) in [6, 6.07) is 11.4. The van der Waals surface area contributed by atoms with Crippen molar-refractivity contribution >= 4 is 21.9 Å². The van der Waals surface area contributed by atoms with Gasteiger partial charge in [-0.2, -0.15) is 9.83 Å². The number of benzene rings is 2. The fraction of sp³-hybridized carbons (Fsp3) is 0.308. The maximum Gasteiger partial charge on any atom is 0.213 e. The number of nitriles is 1. The maximum atomic E-state index is 9.26. The number of pyridine rings is 1. The molecule has 0 aliphatic heterocycles. The van der Waals surface area contributed by atoms with E-state index < -0.39 is 11.8 Å². The van der Waals surface area contributed by atoms with Crippen molar-refractivity contribution in [2.75, 3.05) is 0 Å². The monoisotopic (exact) mass is 387 g/mol. The SMILES string of the molecule is [2H]c1c(C([2H])([2H])C(C)(C)C)c([2H])c(-c2cc3oc4ccc(C#N)cc4c3cc2C)[n+](C)c1C. The summed E-state index contributed by atoms with van der Waals surface area (Å²) < 4.78 is 43.1. The summed E-state index contributed by atoms with van der Waals surface area (Å²) in [4.78, 5) is 0. The molecule has 2 aromatic heterocycles. The van der Waals surface area contributed by atoms with Crippen LogP contribution in [0.25, 0.3) is 33.2 Å². The Morgan fingerprint density at radius 2 is 1.83 bits per heavy atom. The summed E-state index contributed by atoms with van der Waals surface area (Å²) in [5.74, 6) is 0. The van der Waals surface area contributed by atoms with E-state index in [0.29, 0.717) is 28.1 Å². The van der Waals surface area contributed by atoms with Gasteiger partial charge in [0, 0.05) is 32.5 Å². The Bertz CT molecular complexity index is 1490. The lowest BCUT2D eigenvalue weighted by atomic mass is 9.87. The molecular weight excluding hydrogens is 356 g/mol. The fourth-order valence-electron chi connectivity index (χ4n) is 3.61. The highest BCUT2D eigenvalue weighted by molar-refractivity contribution is 6.06. The molecule has 146 valence electrons. The highest BCUT2D eigenvalue weighted by Crippen LogP contribution is 2.35. The molecule has 29 heavy (non-hydrogen) atoms. The van der Waals surface area contributed by atoms with E-state index in [4.69, 9.17) is 9.90 Å². The van der Waals surface area contributed by atoms with Gasteiger partial charge in [-0.05, 0) is 60.2 Å². The van der Waals surface area contributed by atoms with E-state index in [1.54, 1.807) is 51.4 Å². The largest absolute Gasteiger partial charge is 0.456 e. The van der Waals surface area contributed by atoms with Crippen LogP contribution in [0.15, 0.2) is 46.8 Å². The summed E-state index contributed by atoms with van der Waals surface area (Å²) >= 11 is 0. The Balaban J connectivity index is 2.07. The van der Waals surface area contributed by atoms with Crippen LogP contribution in [0.1, 0.15) is 48.6 Å². The molecule has 4 rings (SSSR count). The molecular formula is C26H27N2O+.